The van der Waals surface area contributed by atoms with Crippen molar-refractivity contribution in [1.29, 1.82) is 0 Å². The van der Waals surface area contributed by atoms with E-state index in [4.69, 9.17) is 11.6 Å². The van der Waals surface area contributed by atoms with Gasteiger partial charge < -0.3 is 4.90 Å². The summed E-state index contributed by atoms with van der Waals surface area (Å²) in [5.41, 5.74) is 0. The number of pyridine rings is 1. The third-order valence-corrected chi connectivity index (χ3v) is 2.90. The van der Waals surface area contributed by atoms with E-state index in [-0.39, 0.29) is 0 Å². The van der Waals surface area contributed by atoms with Crippen LogP contribution in [0.2, 0.25) is 5.15 Å². The van der Waals surface area contributed by atoms with Gasteiger partial charge in [0.05, 0.1) is 0 Å². The third kappa shape index (κ3) is 3.10. The average molecular weight is 225 g/mol. The van der Waals surface area contributed by atoms with Crippen LogP contribution in [0.4, 0.5) is 5.82 Å². The highest BCUT2D eigenvalue weighted by Crippen LogP contribution is 2.31. The molecule has 1 heterocycles. The summed E-state index contributed by atoms with van der Waals surface area (Å²) in [6.45, 7) is 4.41. The maximum atomic E-state index is 5.90. The minimum atomic E-state index is 0.587. The normalized spacial score (nSPS) is 15.3. The number of halogens is 1. The standard InChI is InChI=1S/C12H17ClN2/c1-2-8-15(9-10-6-7-10)12-5-3-4-11(13)14-12/h3-5,10H,2,6-9H2,1H3. The molecule has 0 saturated heterocycles. The van der Waals surface area contributed by atoms with Gasteiger partial charge in [-0.2, -0.15) is 0 Å². The van der Waals surface area contributed by atoms with Crippen LogP contribution in [0.25, 0.3) is 0 Å². The van der Waals surface area contributed by atoms with Crippen molar-refractivity contribution in [2.24, 2.45) is 5.92 Å². The molecule has 0 bridgehead atoms. The summed E-state index contributed by atoms with van der Waals surface area (Å²) >= 11 is 5.90. The lowest BCUT2D eigenvalue weighted by atomic mass is 10.3. The lowest BCUT2D eigenvalue weighted by molar-refractivity contribution is 0.699. The molecule has 0 radical (unpaired) electrons. The summed E-state index contributed by atoms with van der Waals surface area (Å²) in [5.74, 6) is 1.91. The number of anilines is 1. The minimum Gasteiger partial charge on any atom is -0.356 e. The number of aromatic nitrogens is 1. The fourth-order valence-corrected chi connectivity index (χ4v) is 1.91. The molecule has 3 heteroatoms. The number of nitrogens with zero attached hydrogens (tertiary/aromatic N) is 2. The van der Waals surface area contributed by atoms with Gasteiger partial charge in [-0.25, -0.2) is 4.98 Å². The van der Waals surface area contributed by atoms with Crippen LogP contribution in [-0.2, 0) is 0 Å². The first-order chi connectivity index (χ1) is 7.29. The van der Waals surface area contributed by atoms with Gasteiger partial charge in [0.1, 0.15) is 11.0 Å². The second-order valence-electron chi connectivity index (χ2n) is 4.21. The zero-order chi connectivity index (χ0) is 10.7. The maximum absolute atomic E-state index is 5.90. The lowest BCUT2D eigenvalue weighted by Crippen LogP contribution is -2.27. The molecule has 0 aromatic carbocycles. The van der Waals surface area contributed by atoms with Crippen LogP contribution in [0.3, 0.4) is 0 Å². The number of rotatable bonds is 5. The molecule has 1 aliphatic rings. The van der Waals surface area contributed by atoms with E-state index in [9.17, 15) is 0 Å². The highest BCUT2D eigenvalue weighted by molar-refractivity contribution is 6.29. The molecule has 1 aromatic heterocycles. The van der Waals surface area contributed by atoms with Crippen molar-refractivity contribution in [3.05, 3.63) is 23.4 Å². The van der Waals surface area contributed by atoms with Gasteiger partial charge in [0.15, 0.2) is 0 Å². The first-order valence-corrected chi connectivity index (χ1v) is 6.05. The van der Waals surface area contributed by atoms with Gasteiger partial charge in [-0.1, -0.05) is 24.6 Å². The first kappa shape index (κ1) is 10.7. The van der Waals surface area contributed by atoms with Crippen LogP contribution in [0.1, 0.15) is 26.2 Å². The molecule has 1 fully saturated rings. The third-order valence-electron chi connectivity index (χ3n) is 2.69. The Morgan fingerprint density at radius 1 is 1.47 bits per heavy atom. The van der Waals surface area contributed by atoms with Gasteiger partial charge in [0, 0.05) is 13.1 Å². The van der Waals surface area contributed by atoms with E-state index in [1.807, 2.05) is 18.2 Å². The molecular formula is C12H17ClN2. The summed E-state index contributed by atoms with van der Waals surface area (Å²) in [7, 11) is 0. The zero-order valence-corrected chi connectivity index (χ0v) is 9.87. The number of hydrogen-bond donors (Lipinski definition) is 0. The Bertz CT molecular complexity index is 323. The lowest BCUT2D eigenvalue weighted by Gasteiger charge is -2.23. The molecule has 1 aromatic rings. The van der Waals surface area contributed by atoms with E-state index in [0.717, 1.165) is 31.2 Å². The average Bonchev–Trinajstić information content (AvgIpc) is 3.01. The molecule has 0 N–H and O–H groups in total. The van der Waals surface area contributed by atoms with Gasteiger partial charge in [-0.15, -0.1) is 0 Å². The summed E-state index contributed by atoms with van der Waals surface area (Å²) in [4.78, 5) is 6.72. The topological polar surface area (TPSA) is 16.1 Å². The van der Waals surface area contributed by atoms with Crippen molar-refractivity contribution in [3.8, 4) is 0 Å². The maximum Gasteiger partial charge on any atom is 0.131 e. The van der Waals surface area contributed by atoms with Gasteiger partial charge in [0.25, 0.3) is 0 Å². The Hall–Kier alpha value is -0.760. The fourth-order valence-electron chi connectivity index (χ4n) is 1.76. The van der Waals surface area contributed by atoms with Crippen LogP contribution < -0.4 is 4.90 Å². The van der Waals surface area contributed by atoms with E-state index in [2.05, 4.69) is 16.8 Å². The van der Waals surface area contributed by atoms with Crippen molar-refractivity contribution < 1.29 is 0 Å². The molecule has 0 aliphatic heterocycles. The Labute approximate surface area is 96.3 Å². The molecule has 0 atom stereocenters. The van der Waals surface area contributed by atoms with Crippen molar-refractivity contribution in [2.75, 3.05) is 18.0 Å². The molecule has 0 amide bonds. The SMILES string of the molecule is CCCN(CC1CC1)c1cccc(Cl)n1. The monoisotopic (exact) mass is 224 g/mol. The summed E-state index contributed by atoms with van der Waals surface area (Å²) in [5, 5.41) is 0.587. The molecule has 2 nitrogen and oxygen atoms in total. The Balaban J connectivity index is 2.07. The Morgan fingerprint density at radius 3 is 2.87 bits per heavy atom. The second kappa shape index (κ2) is 4.84. The molecule has 2 rings (SSSR count). The van der Waals surface area contributed by atoms with Gasteiger partial charge in [0.2, 0.25) is 0 Å². The Kier molecular flexibility index (Phi) is 3.47. The largest absolute Gasteiger partial charge is 0.356 e. The van der Waals surface area contributed by atoms with Crippen LogP contribution in [-0.4, -0.2) is 18.1 Å². The summed E-state index contributed by atoms with van der Waals surface area (Å²) in [6, 6.07) is 5.84. The summed E-state index contributed by atoms with van der Waals surface area (Å²) in [6.07, 6.45) is 3.91. The minimum absolute atomic E-state index is 0.587. The fraction of sp³-hybridized carbons (Fsp3) is 0.583. The number of hydrogen-bond acceptors (Lipinski definition) is 2. The van der Waals surface area contributed by atoms with Crippen molar-refractivity contribution in [2.45, 2.75) is 26.2 Å². The highest BCUT2D eigenvalue weighted by atomic mass is 35.5. The predicted octanol–water partition coefficient (Wildman–Crippen LogP) is 3.36. The van der Waals surface area contributed by atoms with E-state index >= 15 is 0 Å². The first-order valence-electron chi connectivity index (χ1n) is 5.67. The summed E-state index contributed by atoms with van der Waals surface area (Å²) < 4.78 is 0. The van der Waals surface area contributed by atoms with Crippen LogP contribution in [0.15, 0.2) is 18.2 Å². The quantitative estimate of drug-likeness (QED) is 0.713. The molecule has 1 saturated carbocycles. The zero-order valence-electron chi connectivity index (χ0n) is 9.12. The van der Waals surface area contributed by atoms with E-state index in [0.29, 0.717) is 5.15 Å². The second-order valence-corrected chi connectivity index (χ2v) is 4.60. The molecule has 0 spiro atoms. The Morgan fingerprint density at radius 2 is 2.27 bits per heavy atom. The van der Waals surface area contributed by atoms with Crippen molar-refractivity contribution in [3.63, 3.8) is 0 Å². The van der Waals surface area contributed by atoms with Crippen LogP contribution in [0.5, 0.6) is 0 Å². The highest BCUT2D eigenvalue weighted by Gasteiger charge is 2.24. The van der Waals surface area contributed by atoms with Crippen LogP contribution in [0, 0.1) is 5.92 Å². The van der Waals surface area contributed by atoms with Gasteiger partial charge >= 0.3 is 0 Å². The van der Waals surface area contributed by atoms with Crippen molar-refractivity contribution >= 4 is 17.4 Å². The molecule has 0 unspecified atom stereocenters. The molecular weight excluding hydrogens is 208 g/mol. The van der Waals surface area contributed by atoms with Gasteiger partial charge in [-0.3, -0.25) is 0 Å². The van der Waals surface area contributed by atoms with Crippen LogP contribution >= 0.6 is 11.6 Å². The van der Waals surface area contributed by atoms with Gasteiger partial charge in [-0.05, 0) is 37.3 Å². The molecule has 82 valence electrons. The molecule has 1 aliphatic carbocycles. The smallest absolute Gasteiger partial charge is 0.131 e. The predicted molar refractivity (Wildman–Crippen MR) is 64.5 cm³/mol. The molecule has 15 heavy (non-hydrogen) atoms. The van der Waals surface area contributed by atoms with E-state index in [1.165, 1.54) is 12.8 Å². The van der Waals surface area contributed by atoms with E-state index in [1.54, 1.807) is 0 Å². The van der Waals surface area contributed by atoms with E-state index < -0.39 is 0 Å². The van der Waals surface area contributed by atoms with Crippen molar-refractivity contribution in [1.82, 2.24) is 4.98 Å².